The van der Waals surface area contributed by atoms with Crippen molar-refractivity contribution in [3.63, 3.8) is 0 Å². The van der Waals surface area contributed by atoms with Crippen molar-refractivity contribution in [3.05, 3.63) is 34.9 Å². The summed E-state index contributed by atoms with van der Waals surface area (Å²) in [5, 5.41) is 0. The Balaban J connectivity index is 2.24. The van der Waals surface area contributed by atoms with E-state index in [0.717, 1.165) is 16.7 Å². The molecule has 1 aromatic rings. The molecule has 0 spiro atoms. The Morgan fingerprint density at radius 3 is 2.58 bits per heavy atom. The highest BCUT2D eigenvalue weighted by atomic mass is 16.5. The van der Waals surface area contributed by atoms with Crippen LogP contribution in [0.3, 0.4) is 0 Å². The molecule has 4 nitrogen and oxygen atoms in total. The quantitative estimate of drug-likeness (QED) is 0.878. The summed E-state index contributed by atoms with van der Waals surface area (Å²) in [6.45, 7) is 7.58. The largest absolute Gasteiger partial charge is 0.370 e. The van der Waals surface area contributed by atoms with Crippen molar-refractivity contribution < 1.29 is 9.53 Å². The average molecular weight is 262 g/mol. The molecule has 4 heteroatoms. The van der Waals surface area contributed by atoms with Crippen LogP contribution in [0.2, 0.25) is 0 Å². The zero-order chi connectivity index (χ0) is 14.0. The Labute approximate surface area is 114 Å². The smallest absolute Gasteiger partial charge is 0.254 e. The lowest BCUT2D eigenvalue weighted by Crippen LogP contribution is -2.51. The van der Waals surface area contributed by atoms with E-state index in [0.29, 0.717) is 19.6 Å². The number of carbonyl (C=O) groups excluding carboxylic acids is 1. The van der Waals surface area contributed by atoms with Crippen molar-refractivity contribution in [2.24, 2.45) is 5.73 Å². The minimum atomic E-state index is -0.0583. The number of benzene rings is 1. The molecule has 0 bridgehead atoms. The van der Waals surface area contributed by atoms with Gasteiger partial charge in [0.1, 0.15) is 0 Å². The van der Waals surface area contributed by atoms with Gasteiger partial charge in [-0.3, -0.25) is 4.79 Å². The minimum Gasteiger partial charge on any atom is -0.370 e. The number of morpholine rings is 1. The highest BCUT2D eigenvalue weighted by Gasteiger charge is 2.29. The van der Waals surface area contributed by atoms with E-state index in [-0.39, 0.29) is 18.1 Å². The number of aryl methyl sites for hydroxylation is 2. The second-order valence-electron chi connectivity index (χ2n) is 5.28. The molecule has 19 heavy (non-hydrogen) atoms. The van der Waals surface area contributed by atoms with Gasteiger partial charge in [0.2, 0.25) is 0 Å². The van der Waals surface area contributed by atoms with Gasteiger partial charge in [-0.15, -0.1) is 0 Å². The molecule has 2 atom stereocenters. The third-order valence-electron chi connectivity index (χ3n) is 3.57. The maximum Gasteiger partial charge on any atom is 0.254 e. The van der Waals surface area contributed by atoms with Crippen molar-refractivity contribution >= 4 is 5.91 Å². The van der Waals surface area contributed by atoms with Gasteiger partial charge in [-0.25, -0.2) is 0 Å². The molecule has 1 aromatic carbocycles. The van der Waals surface area contributed by atoms with E-state index < -0.39 is 0 Å². The topological polar surface area (TPSA) is 55.6 Å². The molecule has 2 N–H and O–H groups in total. The highest BCUT2D eigenvalue weighted by Crippen LogP contribution is 2.19. The predicted molar refractivity (Wildman–Crippen MR) is 75.2 cm³/mol. The summed E-state index contributed by atoms with van der Waals surface area (Å²) in [6, 6.07) is 5.93. The van der Waals surface area contributed by atoms with Crippen LogP contribution in [0, 0.1) is 13.8 Å². The summed E-state index contributed by atoms with van der Waals surface area (Å²) in [5.41, 5.74) is 8.52. The fourth-order valence-electron chi connectivity index (χ4n) is 2.65. The molecular weight excluding hydrogens is 240 g/mol. The highest BCUT2D eigenvalue weighted by molar-refractivity contribution is 5.97. The lowest BCUT2D eigenvalue weighted by molar-refractivity contribution is -0.0626. The van der Waals surface area contributed by atoms with E-state index in [1.165, 1.54) is 0 Å². The number of nitrogens with zero attached hydrogens (tertiary/aromatic N) is 1. The van der Waals surface area contributed by atoms with Gasteiger partial charge in [0.25, 0.3) is 5.91 Å². The summed E-state index contributed by atoms with van der Waals surface area (Å²) in [4.78, 5) is 14.5. The SMILES string of the molecule is Cc1cccc(C)c1C(=O)N1CC(C)OC(CN)C1. The van der Waals surface area contributed by atoms with Gasteiger partial charge in [0, 0.05) is 25.2 Å². The van der Waals surface area contributed by atoms with Crippen molar-refractivity contribution in [3.8, 4) is 0 Å². The molecule has 1 fully saturated rings. The van der Waals surface area contributed by atoms with Crippen LogP contribution >= 0.6 is 0 Å². The van der Waals surface area contributed by atoms with Crippen LogP contribution in [-0.2, 0) is 4.74 Å². The number of hydrogen-bond acceptors (Lipinski definition) is 3. The monoisotopic (exact) mass is 262 g/mol. The van der Waals surface area contributed by atoms with Crippen LogP contribution < -0.4 is 5.73 Å². The van der Waals surface area contributed by atoms with E-state index in [2.05, 4.69) is 0 Å². The summed E-state index contributed by atoms with van der Waals surface area (Å²) in [6.07, 6.45) is -0.0207. The van der Waals surface area contributed by atoms with Gasteiger partial charge in [0.05, 0.1) is 12.2 Å². The zero-order valence-corrected chi connectivity index (χ0v) is 11.8. The summed E-state index contributed by atoms with van der Waals surface area (Å²) >= 11 is 0. The fraction of sp³-hybridized carbons (Fsp3) is 0.533. The second kappa shape index (κ2) is 5.72. The van der Waals surface area contributed by atoms with Gasteiger partial charge in [0.15, 0.2) is 0 Å². The van der Waals surface area contributed by atoms with Gasteiger partial charge >= 0.3 is 0 Å². The lowest BCUT2D eigenvalue weighted by atomic mass is 10.0. The van der Waals surface area contributed by atoms with Crippen molar-refractivity contribution in [2.75, 3.05) is 19.6 Å². The lowest BCUT2D eigenvalue weighted by Gasteiger charge is -2.36. The van der Waals surface area contributed by atoms with Gasteiger partial charge in [-0.1, -0.05) is 18.2 Å². The molecule has 1 saturated heterocycles. The van der Waals surface area contributed by atoms with Crippen molar-refractivity contribution in [1.82, 2.24) is 4.90 Å². The van der Waals surface area contributed by atoms with Crippen LogP contribution in [0.25, 0.3) is 0 Å². The second-order valence-corrected chi connectivity index (χ2v) is 5.28. The van der Waals surface area contributed by atoms with Gasteiger partial charge < -0.3 is 15.4 Å². The van der Waals surface area contributed by atoms with Crippen molar-refractivity contribution in [2.45, 2.75) is 33.0 Å². The van der Waals surface area contributed by atoms with Crippen LogP contribution in [0.15, 0.2) is 18.2 Å². The third-order valence-corrected chi connectivity index (χ3v) is 3.57. The van der Waals surface area contributed by atoms with Crippen LogP contribution in [-0.4, -0.2) is 42.6 Å². The Morgan fingerprint density at radius 1 is 1.37 bits per heavy atom. The Morgan fingerprint density at radius 2 is 2.00 bits per heavy atom. The summed E-state index contributed by atoms with van der Waals surface area (Å²) in [7, 11) is 0. The Bertz CT molecular complexity index is 453. The number of hydrogen-bond donors (Lipinski definition) is 1. The van der Waals surface area contributed by atoms with Crippen LogP contribution in [0.1, 0.15) is 28.4 Å². The molecular formula is C15H22N2O2. The van der Waals surface area contributed by atoms with E-state index >= 15 is 0 Å². The minimum absolute atomic E-state index is 0.0376. The van der Waals surface area contributed by atoms with E-state index in [4.69, 9.17) is 10.5 Å². The number of carbonyl (C=O) groups is 1. The average Bonchev–Trinajstić information content (AvgIpc) is 2.37. The van der Waals surface area contributed by atoms with E-state index in [1.807, 2.05) is 43.9 Å². The van der Waals surface area contributed by atoms with E-state index in [1.54, 1.807) is 0 Å². The molecule has 0 radical (unpaired) electrons. The fourth-order valence-corrected chi connectivity index (χ4v) is 2.65. The molecule has 104 valence electrons. The zero-order valence-electron chi connectivity index (χ0n) is 11.8. The Kier molecular flexibility index (Phi) is 4.22. The van der Waals surface area contributed by atoms with E-state index in [9.17, 15) is 4.79 Å². The summed E-state index contributed by atoms with van der Waals surface area (Å²) < 4.78 is 5.69. The molecule has 1 aliphatic rings. The molecule has 0 aliphatic carbocycles. The molecule has 2 unspecified atom stereocenters. The number of amides is 1. The molecule has 0 aromatic heterocycles. The van der Waals surface area contributed by atoms with Gasteiger partial charge in [-0.05, 0) is 31.9 Å². The molecule has 1 heterocycles. The Hall–Kier alpha value is -1.39. The standard InChI is InChI=1S/C15H22N2O2/c1-10-5-4-6-11(2)14(10)15(18)17-8-12(3)19-13(7-16)9-17/h4-6,12-13H,7-9,16H2,1-3H3. The first-order chi connectivity index (χ1) is 9.02. The van der Waals surface area contributed by atoms with Gasteiger partial charge in [-0.2, -0.15) is 0 Å². The van der Waals surface area contributed by atoms with Crippen LogP contribution in [0.4, 0.5) is 0 Å². The van der Waals surface area contributed by atoms with Crippen LogP contribution in [0.5, 0.6) is 0 Å². The number of rotatable bonds is 2. The number of ether oxygens (including phenoxy) is 1. The first-order valence-corrected chi connectivity index (χ1v) is 6.74. The number of nitrogens with two attached hydrogens (primary N) is 1. The summed E-state index contributed by atoms with van der Waals surface area (Å²) in [5.74, 6) is 0.0872. The molecule has 1 aliphatic heterocycles. The predicted octanol–water partition coefficient (Wildman–Crippen LogP) is 1.49. The third kappa shape index (κ3) is 2.96. The first-order valence-electron chi connectivity index (χ1n) is 6.74. The maximum absolute atomic E-state index is 12.7. The molecule has 0 saturated carbocycles. The van der Waals surface area contributed by atoms with Crippen molar-refractivity contribution in [1.29, 1.82) is 0 Å². The first kappa shape index (κ1) is 14.0. The normalized spacial score (nSPS) is 23.5. The molecule has 2 rings (SSSR count). The molecule has 1 amide bonds. The maximum atomic E-state index is 12.7.